The molecule has 0 spiro atoms. The summed E-state index contributed by atoms with van der Waals surface area (Å²) in [5.74, 6) is -1.37. The molecule has 0 aliphatic carbocycles. The van der Waals surface area contributed by atoms with E-state index in [2.05, 4.69) is 17.1 Å². The van der Waals surface area contributed by atoms with Crippen LogP contribution >= 0.6 is 23.1 Å². The van der Waals surface area contributed by atoms with Crippen molar-refractivity contribution in [3.05, 3.63) is 107 Å². The number of aromatic nitrogens is 2. The van der Waals surface area contributed by atoms with Crippen molar-refractivity contribution in [2.24, 2.45) is 0 Å². The molecular weight excluding hydrogens is 549 g/mol. The number of anilines is 1. The Kier molecular flexibility index (Phi) is 8.57. The van der Waals surface area contributed by atoms with Gasteiger partial charge in [-0.3, -0.25) is 14.5 Å². The summed E-state index contributed by atoms with van der Waals surface area (Å²) in [6.07, 6.45) is 1.91. The molecule has 5 rings (SSSR count). The van der Waals surface area contributed by atoms with Crippen LogP contribution in [0.15, 0.2) is 88.8 Å². The first-order chi connectivity index (χ1) is 19.5. The number of carbonyl (C=O) groups is 2. The molecule has 0 saturated carbocycles. The number of thioether (sulfide) groups is 1. The zero-order chi connectivity index (χ0) is 28.1. The van der Waals surface area contributed by atoms with Crippen molar-refractivity contribution in [3.8, 4) is 5.75 Å². The van der Waals surface area contributed by atoms with Crippen molar-refractivity contribution in [1.82, 2.24) is 10.2 Å². The number of Topliss-reactive ketones (excluding diaryl/α,β-unsaturated/α-hetero) is 1. The molecule has 1 amide bonds. The molecule has 1 N–H and O–H groups in total. The smallest absolute Gasteiger partial charge is 0.301 e. The minimum absolute atomic E-state index is 0.149. The Labute approximate surface area is 239 Å². The molecule has 3 aromatic carbocycles. The van der Waals surface area contributed by atoms with Crippen molar-refractivity contribution in [2.75, 3.05) is 11.5 Å². The van der Waals surface area contributed by atoms with Gasteiger partial charge in [-0.1, -0.05) is 78.9 Å². The van der Waals surface area contributed by atoms with Crippen LogP contribution in [0, 0.1) is 5.82 Å². The maximum Gasteiger partial charge on any atom is 0.301 e. The summed E-state index contributed by atoms with van der Waals surface area (Å²) in [4.78, 5) is 27.9. The summed E-state index contributed by atoms with van der Waals surface area (Å²) in [7, 11) is 0. The third-order valence-corrected chi connectivity index (χ3v) is 8.44. The van der Waals surface area contributed by atoms with Gasteiger partial charge in [-0.15, -0.1) is 10.2 Å². The number of aliphatic hydroxyl groups excluding tert-OH is 1. The average molecular weight is 576 g/mol. The highest BCUT2D eigenvalue weighted by molar-refractivity contribution is 8.00. The second-order valence-corrected chi connectivity index (χ2v) is 11.3. The van der Waals surface area contributed by atoms with Crippen molar-refractivity contribution in [2.45, 2.75) is 35.9 Å². The van der Waals surface area contributed by atoms with Crippen LogP contribution in [0.2, 0.25) is 0 Å². The minimum atomic E-state index is -1.09. The van der Waals surface area contributed by atoms with Crippen LogP contribution in [-0.4, -0.2) is 33.6 Å². The van der Waals surface area contributed by atoms with E-state index in [0.717, 1.165) is 29.7 Å². The number of ether oxygens (including phenoxy) is 1. The standard InChI is InChI=1S/C30H26FN3O4S2/c1-2-3-16-38-23-14-12-20(13-15-23)26(35)24-25(21-10-7-11-22(31)17-21)34(28(37)27(24)36)29-32-33-30(40-29)39-18-19-8-5-4-6-9-19/h4-15,17,25,35H,2-3,16,18H2,1H3/b26-24+. The van der Waals surface area contributed by atoms with E-state index in [9.17, 15) is 19.1 Å². The molecule has 1 atom stereocenters. The normalized spacial score (nSPS) is 16.4. The summed E-state index contributed by atoms with van der Waals surface area (Å²) in [6.45, 7) is 2.64. The Morgan fingerprint density at radius 2 is 1.82 bits per heavy atom. The largest absolute Gasteiger partial charge is 0.507 e. The molecule has 2 heterocycles. The molecule has 1 fully saturated rings. The fourth-order valence-corrected chi connectivity index (χ4v) is 6.12. The number of amides is 1. The van der Waals surface area contributed by atoms with E-state index in [1.807, 2.05) is 30.3 Å². The van der Waals surface area contributed by atoms with Crippen molar-refractivity contribution < 1.29 is 23.8 Å². The summed E-state index contributed by atoms with van der Waals surface area (Å²) in [5, 5.41) is 19.9. The molecule has 4 aromatic rings. The Morgan fingerprint density at radius 3 is 2.55 bits per heavy atom. The maximum atomic E-state index is 14.3. The first kappa shape index (κ1) is 27.5. The van der Waals surface area contributed by atoms with E-state index >= 15 is 0 Å². The Balaban J connectivity index is 1.49. The lowest BCUT2D eigenvalue weighted by Gasteiger charge is -2.22. The molecule has 40 heavy (non-hydrogen) atoms. The lowest BCUT2D eigenvalue weighted by atomic mass is 9.95. The molecule has 1 aliphatic rings. The number of halogens is 1. The summed E-state index contributed by atoms with van der Waals surface area (Å²) >= 11 is 2.61. The number of carbonyl (C=O) groups excluding carboxylic acids is 2. The summed E-state index contributed by atoms with van der Waals surface area (Å²) < 4.78 is 20.6. The molecule has 0 bridgehead atoms. The number of benzene rings is 3. The number of hydrogen-bond acceptors (Lipinski definition) is 8. The van der Waals surface area contributed by atoms with E-state index in [0.29, 0.717) is 33.6 Å². The molecule has 0 radical (unpaired) electrons. The van der Waals surface area contributed by atoms with Crippen molar-refractivity contribution in [1.29, 1.82) is 0 Å². The number of hydrogen-bond donors (Lipinski definition) is 1. The van der Waals surface area contributed by atoms with Crippen molar-refractivity contribution >= 4 is 45.7 Å². The monoisotopic (exact) mass is 575 g/mol. The average Bonchev–Trinajstić information content (AvgIpc) is 3.54. The third kappa shape index (κ3) is 5.93. The van der Waals surface area contributed by atoms with Gasteiger partial charge < -0.3 is 9.84 Å². The lowest BCUT2D eigenvalue weighted by Crippen LogP contribution is -2.29. The number of aliphatic hydroxyl groups is 1. The molecule has 7 nitrogen and oxygen atoms in total. The van der Waals surface area contributed by atoms with Gasteiger partial charge >= 0.3 is 5.91 Å². The first-order valence-corrected chi connectivity index (χ1v) is 14.6. The predicted molar refractivity (Wildman–Crippen MR) is 154 cm³/mol. The van der Waals surface area contributed by atoms with Gasteiger partial charge in [0.05, 0.1) is 18.2 Å². The molecule has 1 unspecified atom stereocenters. The second kappa shape index (κ2) is 12.4. The van der Waals surface area contributed by atoms with E-state index in [4.69, 9.17) is 4.74 Å². The van der Waals surface area contributed by atoms with Crippen LogP contribution in [0.3, 0.4) is 0 Å². The number of unbranched alkanes of at least 4 members (excludes halogenated alkanes) is 1. The predicted octanol–water partition coefficient (Wildman–Crippen LogP) is 6.77. The van der Waals surface area contributed by atoms with Crippen LogP contribution in [-0.2, 0) is 15.3 Å². The van der Waals surface area contributed by atoms with Crippen molar-refractivity contribution in [3.63, 3.8) is 0 Å². The molecule has 1 aliphatic heterocycles. The van der Waals surface area contributed by atoms with Gasteiger partial charge in [-0.2, -0.15) is 0 Å². The lowest BCUT2D eigenvalue weighted by molar-refractivity contribution is -0.132. The van der Waals surface area contributed by atoms with Gasteiger partial charge in [0, 0.05) is 11.3 Å². The topological polar surface area (TPSA) is 92.6 Å². The van der Waals surface area contributed by atoms with E-state index in [1.165, 1.54) is 34.9 Å². The van der Waals surface area contributed by atoms with Gasteiger partial charge in [0.25, 0.3) is 5.78 Å². The third-order valence-electron chi connectivity index (χ3n) is 6.31. The van der Waals surface area contributed by atoms with Crippen LogP contribution in [0.5, 0.6) is 5.75 Å². The summed E-state index contributed by atoms with van der Waals surface area (Å²) in [6, 6.07) is 21.0. The maximum absolute atomic E-state index is 14.3. The molecule has 1 saturated heterocycles. The highest BCUT2D eigenvalue weighted by atomic mass is 32.2. The van der Waals surface area contributed by atoms with Crippen LogP contribution in [0.4, 0.5) is 9.52 Å². The zero-order valence-electron chi connectivity index (χ0n) is 21.6. The van der Waals surface area contributed by atoms with Gasteiger partial charge in [0.1, 0.15) is 17.3 Å². The fraction of sp³-hybridized carbons (Fsp3) is 0.200. The Bertz CT molecular complexity index is 1540. The molecule has 1 aromatic heterocycles. The van der Waals surface area contributed by atoms with Gasteiger partial charge in [0.2, 0.25) is 5.13 Å². The summed E-state index contributed by atoms with van der Waals surface area (Å²) in [5.41, 5.74) is 1.61. The number of ketones is 1. The van der Waals surface area contributed by atoms with E-state index in [-0.39, 0.29) is 16.5 Å². The van der Waals surface area contributed by atoms with Gasteiger partial charge in [-0.05, 0) is 53.9 Å². The highest BCUT2D eigenvalue weighted by Gasteiger charge is 2.48. The first-order valence-electron chi connectivity index (χ1n) is 12.8. The Hall–Kier alpha value is -4.02. The minimum Gasteiger partial charge on any atom is -0.507 e. The van der Waals surface area contributed by atoms with Crippen LogP contribution in [0.1, 0.15) is 42.5 Å². The molecular formula is C30H26FN3O4S2. The van der Waals surface area contributed by atoms with Crippen LogP contribution < -0.4 is 9.64 Å². The van der Waals surface area contributed by atoms with E-state index in [1.54, 1.807) is 30.3 Å². The van der Waals surface area contributed by atoms with Gasteiger partial charge in [0.15, 0.2) is 4.34 Å². The Morgan fingerprint density at radius 1 is 1.05 bits per heavy atom. The number of nitrogens with zero attached hydrogens (tertiary/aromatic N) is 3. The number of rotatable bonds is 10. The van der Waals surface area contributed by atoms with E-state index < -0.39 is 23.5 Å². The highest BCUT2D eigenvalue weighted by Crippen LogP contribution is 2.44. The fourth-order valence-electron chi connectivity index (χ4n) is 4.30. The SMILES string of the molecule is CCCCOc1ccc(/C(O)=C2\C(=O)C(=O)N(c3nnc(SCc4ccccc4)s3)C2c2cccc(F)c2)cc1. The molecule has 204 valence electrons. The van der Waals surface area contributed by atoms with Crippen LogP contribution in [0.25, 0.3) is 5.76 Å². The quantitative estimate of drug-likeness (QED) is 0.0557. The van der Waals surface area contributed by atoms with Gasteiger partial charge in [-0.25, -0.2) is 4.39 Å². The second-order valence-electron chi connectivity index (χ2n) is 9.08. The zero-order valence-corrected chi connectivity index (χ0v) is 23.3. The molecule has 10 heteroatoms.